The summed E-state index contributed by atoms with van der Waals surface area (Å²) in [5, 5.41) is 5.23. The second kappa shape index (κ2) is 4.63. The normalized spacial score (nSPS) is 25.6. The van der Waals surface area contributed by atoms with Crippen LogP contribution in [0.3, 0.4) is 0 Å². The van der Waals surface area contributed by atoms with Crippen LogP contribution in [0.1, 0.15) is 12.0 Å². The van der Waals surface area contributed by atoms with Gasteiger partial charge in [0.1, 0.15) is 0 Å². The average molecular weight is 264 g/mol. The molecule has 3 rings (SSSR count). The van der Waals surface area contributed by atoms with Crippen LogP contribution in [0.4, 0.5) is 0 Å². The van der Waals surface area contributed by atoms with Gasteiger partial charge in [0, 0.05) is 24.8 Å². The van der Waals surface area contributed by atoms with E-state index in [4.69, 9.17) is 16.3 Å². The lowest BCUT2D eigenvalue weighted by molar-refractivity contribution is 0.199. The van der Waals surface area contributed by atoms with Crippen molar-refractivity contribution in [1.29, 1.82) is 0 Å². The van der Waals surface area contributed by atoms with Crippen LogP contribution >= 0.6 is 11.6 Å². The SMILES string of the molecule is ClC1(NCc2ccccc2)N=CC2=C(N1)OCC2. The quantitative estimate of drug-likeness (QED) is 0.647. The third-order valence-corrected chi connectivity index (χ3v) is 3.28. The maximum absolute atomic E-state index is 6.36. The van der Waals surface area contributed by atoms with Gasteiger partial charge in [-0.15, -0.1) is 0 Å². The highest BCUT2D eigenvalue weighted by Gasteiger charge is 2.32. The van der Waals surface area contributed by atoms with Crippen LogP contribution in [0.25, 0.3) is 0 Å². The molecule has 1 aromatic carbocycles. The molecule has 0 amide bonds. The molecule has 0 spiro atoms. The number of alkyl halides is 1. The van der Waals surface area contributed by atoms with Gasteiger partial charge in [-0.25, -0.2) is 4.99 Å². The Bertz CT molecular complexity index is 500. The number of hydrogen-bond donors (Lipinski definition) is 2. The topological polar surface area (TPSA) is 45.7 Å². The van der Waals surface area contributed by atoms with Crippen LogP contribution in [0.5, 0.6) is 0 Å². The summed E-state index contributed by atoms with van der Waals surface area (Å²) in [7, 11) is 0. The molecular formula is C13H14ClN3O. The Morgan fingerprint density at radius 1 is 1.39 bits per heavy atom. The molecule has 1 atom stereocenters. The Labute approximate surface area is 111 Å². The maximum atomic E-state index is 6.36. The van der Waals surface area contributed by atoms with E-state index in [-0.39, 0.29) is 0 Å². The molecule has 0 bridgehead atoms. The third kappa shape index (κ3) is 2.35. The van der Waals surface area contributed by atoms with E-state index in [1.807, 2.05) is 30.3 Å². The first-order valence-electron chi connectivity index (χ1n) is 5.92. The zero-order valence-corrected chi connectivity index (χ0v) is 10.6. The van der Waals surface area contributed by atoms with Crippen molar-refractivity contribution >= 4 is 17.8 Å². The van der Waals surface area contributed by atoms with Gasteiger partial charge >= 0.3 is 0 Å². The fourth-order valence-corrected chi connectivity index (χ4v) is 2.16. The van der Waals surface area contributed by atoms with Crippen LogP contribution in [0.15, 0.2) is 46.8 Å². The molecule has 1 aromatic rings. The molecule has 18 heavy (non-hydrogen) atoms. The fraction of sp³-hybridized carbons (Fsp3) is 0.308. The molecule has 5 heteroatoms. The Kier molecular flexibility index (Phi) is 2.97. The van der Waals surface area contributed by atoms with Crippen molar-refractivity contribution in [3.05, 3.63) is 47.4 Å². The standard InChI is InChI=1S/C13H14ClN3O/c14-13(15-8-10-4-2-1-3-5-10)16-9-11-6-7-18-12(11)17-13/h1-5,9,15,17H,6-8H2. The lowest BCUT2D eigenvalue weighted by Gasteiger charge is -2.29. The number of rotatable bonds is 3. The van der Waals surface area contributed by atoms with Crippen molar-refractivity contribution in [2.45, 2.75) is 18.2 Å². The van der Waals surface area contributed by atoms with E-state index in [1.165, 1.54) is 0 Å². The van der Waals surface area contributed by atoms with Crippen LogP contribution in [0.2, 0.25) is 0 Å². The molecule has 1 unspecified atom stereocenters. The highest BCUT2D eigenvalue weighted by molar-refractivity contribution is 6.24. The number of nitrogens with one attached hydrogen (secondary N) is 2. The first-order chi connectivity index (χ1) is 8.75. The predicted molar refractivity (Wildman–Crippen MR) is 71.1 cm³/mol. The summed E-state index contributed by atoms with van der Waals surface area (Å²) >= 11 is 6.36. The molecule has 0 radical (unpaired) electrons. The molecule has 0 saturated heterocycles. The van der Waals surface area contributed by atoms with E-state index < -0.39 is 5.25 Å². The van der Waals surface area contributed by atoms with Crippen molar-refractivity contribution in [2.24, 2.45) is 4.99 Å². The van der Waals surface area contributed by atoms with Gasteiger partial charge in [0.2, 0.25) is 0 Å². The smallest absolute Gasteiger partial charge is 0.267 e. The monoisotopic (exact) mass is 263 g/mol. The van der Waals surface area contributed by atoms with Gasteiger partial charge in [-0.2, -0.15) is 0 Å². The van der Waals surface area contributed by atoms with Gasteiger partial charge in [-0.05, 0) is 5.56 Å². The van der Waals surface area contributed by atoms with E-state index >= 15 is 0 Å². The highest BCUT2D eigenvalue weighted by atomic mass is 35.5. The largest absolute Gasteiger partial charge is 0.479 e. The summed E-state index contributed by atoms with van der Waals surface area (Å²) in [6.07, 6.45) is 2.67. The van der Waals surface area contributed by atoms with Crippen molar-refractivity contribution in [1.82, 2.24) is 10.6 Å². The number of nitrogens with zero attached hydrogens (tertiary/aromatic N) is 1. The van der Waals surface area contributed by atoms with Crippen LogP contribution in [0, 0.1) is 0 Å². The van der Waals surface area contributed by atoms with Crippen LogP contribution in [-0.4, -0.2) is 18.1 Å². The van der Waals surface area contributed by atoms with Gasteiger partial charge in [0.15, 0.2) is 5.88 Å². The zero-order chi connectivity index (χ0) is 12.4. The van der Waals surface area contributed by atoms with E-state index in [9.17, 15) is 0 Å². The summed E-state index contributed by atoms with van der Waals surface area (Å²) in [4.78, 5) is 4.30. The van der Waals surface area contributed by atoms with Crippen LogP contribution < -0.4 is 10.6 Å². The molecule has 2 N–H and O–H groups in total. The molecule has 4 nitrogen and oxygen atoms in total. The van der Waals surface area contributed by atoms with Gasteiger partial charge in [0.05, 0.1) is 6.61 Å². The summed E-state index contributed by atoms with van der Waals surface area (Å²) in [6.45, 7) is 1.33. The molecule has 2 aliphatic heterocycles. The molecular weight excluding hydrogens is 250 g/mol. The first-order valence-corrected chi connectivity index (χ1v) is 6.30. The minimum Gasteiger partial charge on any atom is -0.479 e. The van der Waals surface area contributed by atoms with E-state index in [0.717, 1.165) is 23.4 Å². The van der Waals surface area contributed by atoms with Crippen molar-refractivity contribution < 1.29 is 4.74 Å². The summed E-state index contributed by atoms with van der Waals surface area (Å²) in [5.74, 6) is 0.737. The first kappa shape index (κ1) is 11.6. The Morgan fingerprint density at radius 3 is 3.06 bits per heavy atom. The maximum Gasteiger partial charge on any atom is 0.267 e. The summed E-state index contributed by atoms with van der Waals surface area (Å²) in [5.41, 5.74) is 2.23. The summed E-state index contributed by atoms with van der Waals surface area (Å²) in [6, 6.07) is 10.1. The van der Waals surface area contributed by atoms with Gasteiger partial charge in [0.25, 0.3) is 5.25 Å². The van der Waals surface area contributed by atoms with Gasteiger partial charge in [-0.1, -0.05) is 41.9 Å². The molecule has 2 aliphatic rings. The highest BCUT2D eigenvalue weighted by Crippen LogP contribution is 2.24. The average Bonchev–Trinajstić information content (AvgIpc) is 2.85. The fourth-order valence-electron chi connectivity index (χ4n) is 1.96. The zero-order valence-electron chi connectivity index (χ0n) is 9.82. The van der Waals surface area contributed by atoms with Gasteiger partial charge < -0.3 is 10.1 Å². The minimum absolute atomic E-state index is 0.636. The Balaban J connectivity index is 1.65. The lowest BCUT2D eigenvalue weighted by atomic mass is 10.2. The Morgan fingerprint density at radius 2 is 2.22 bits per heavy atom. The number of hydrogen-bond acceptors (Lipinski definition) is 4. The van der Waals surface area contributed by atoms with Crippen LogP contribution in [-0.2, 0) is 11.3 Å². The van der Waals surface area contributed by atoms with Crippen molar-refractivity contribution in [2.75, 3.05) is 6.61 Å². The molecule has 0 aliphatic carbocycles. The number of aliphatic imine (C=N–C) groups is 1. The molecule has 2 heterocycles. The predicted octanol–water partition coefficient (Wildman–Crippen LogP) is 1.93. The second-order valence-corrected chi connectivity index (χ2v) is 4.84. The molecule has 0 fully saturated rings. The van der Waals surface area contributed by atoms with Crippen molar-refractivity contribution in [3.63, 3.8) is 0 Å². The van der Waals surface area contributed by atoms with Gasteiger partial charge in [-0.3, -0.25) is 5.32 Å². The van der Waals surface area contributed by atoms with E-state index in [1.54, 1.807) is 6.21 Å². The van der Waals surface area contributed by atoms with E-state index in [0.29, 0.717) is 13.2 Å². The lowest BCUT2D eigenvalue weighted by Crippen LogP contribution is -2.51. The number of halogens is 1. The number of ether oxygens (including phenoxy) is 1. The third-order valence-electron chi connectivity index (χ3n) is 2.96. The van der Waals surface area contributed by atoms with E-state index in [2.05, 4.69) is 15.6 Å². The molecule has 0 aromatic heterocycles. The van der Waals surface area contributed by atoms with Crippen molar-refractivity contribution in [3.8, 4) is 0 Å². The minimum atomic E-state index is -1.01. The molecule has 94 valence electrons. The Hall–Kier alpha value is -1.52. The number of benzene rings is 1. The molecule has 0 saturated carbocycles. The second-order valence-electron chi connectivity index (χ2n) is 4.30. The summed E-state index contributed by atoms with van der Waals surface area (Å²) < 4.78 is 5.46.